The van der Waals surface area contributed by atoms with Crippen LogP contribution in [0.2, 0.25) is 5.15 Å². The van der Waals surface area contributed by atoms with Crippen molar-refractivity contribution in [2.24, 2.45) is 0 Å². The Bertz CT molecular complexity index is 2620. The lowest BCUT2D eigenvalue weighted by molar-refractivity contribution is -0.154. The second-order valence-corrected chi connectivity index (χ2v) is 12.0. The summed E-state index contributed by atoms with van der Waals surface area (Å²) >= 11 is 5.72. The summed E-state index contributed by atoms with van der Waals surface area (Å²) in [6.45, 7) is -1.55. The number of ether oxygens (including phenoxy) is 1. The van der Waals surface area contributed by atoms with Crippen molar-refractivity contribution in [3.05, 3.63) is 137 Å². The zero-order valence-corrected chi connectivity index (χ0v) is 29.3. The lowest BCUT2D eigenvalue weighted by Crippen LogP contribution is -2.20. The van der Waals surface area contributed by atoms with Gasteiger partial charge in [-0.15, -0.1) is 0 Å². The van der Waals surface area contributed by atoms with E-state index in [0.717, 1.165) is 6.20 Å². The lowest BCUT2D eigenvalue weighted by atomic mass is 10.2. The van der Waals surface area contributed by atoms with Crippen molar-refractivity contribution in [1.82, 2.24) is 49.8 Å². The molecule has 0 bridgehead atoms. The van der Waals surface area contributed by atoms with Crippen LogP contribution in [0.5, 0.6) is 5.88 Å². The Morgan fingerprint density at radius 3 is 1.56 bits per heavy atom. The van der Waals surface area contributed by atoms with E-state index < -0.39 is 36.1 Å². The van der Waals surface area contributed by atoms with Gasteiger partial charge in [-0.3, -0.25) is 9.36 Å². The molecule has 0 fully saturated rings. The molecule has 57 heavy (non-hydrogen) atoms. The molecule has 0 amide bonds. The van der Waals surface area contributed by atoms with E-state index in [1.165, 1.54) is 35.4 Å². The van der Waals surface area contributed by atoms with E-state index in [2.05, 4.69) is 45.2 Å². The number of alkyl halides is 3. The normalized spacial score (nSPS) is 11.4. The summed E-state index contributed by atoms with van der Waals surface area (Å²) in [4.78, 5) is 15.3. The Morgan fingerprint density at radius 1 is 0.614 bits per heavy atom. The molecular formula is C36H22ClF7N10O3. The van der Waals surface area contributed by atoms with Gasteiger partial charge in [-0.1, -0.05) is 58.3 Å². The monoisotopic (exact) mass is 810 g/mol. The van der Waals surface area contributed by atoms with E-state index in [0.29, 0.717) is 45.8 Å². The fourth-order valence-corrected chi connectivity index (χ4v) is 5.30. The van der Waals surface area contributed by atoms with Crippen LogP contribution in [-0.4, -0.2) is 62.6 Å². The summed E-state index contributed by atoms with van der Waals surface area (Å²) in [6, 6.07) is 18.8. The predicted molar refractivity (Wildman–Crippen MR) is 185 cm³/mol. The van der Waals surface area contributed by atoms with Gasteiger partial charge in [0, 0.05) is 23.3 Å². The fourth-order valence-electron chi connectivity index (χ4n) is 5.17. The molecule has 2 aromatic carbocycles. The van der Waals surface area contributed by atoms with E-state index in [1.54, 1.807) is 59.3 Å². The van der Waals surface area contributed by atoms with E-state index in [4.69, 9.17) is 20.6 Å². The molecule has 6 aromatic heterocycles. The Balaban J connectivity index is 0.000000177. The molecular weight excluding hydrogens is 789 g/mol. The van der Waals surface area contributed by atoms with Crippen LogP contribution in [0.1, 0.15) is 11.1 Å². The quantitative estimate of drug-likeness (QED) is 0.0972. The first-order valence-electron chi connectivity index (χ1n) is 16.3. The number of benzene rings is 2. The van der Waals surface area contributed by atoms with Crippen molar-refractivity contribution in [3.63, 3.8) is 0 Å². The third-order valence-electron chi connectivity index (χ3n) is 7.76. The van der Waals surface area contributed by atoms with Crippen molar-refractivity contribution in [1.29, 1.82) is 0 Å². The smallest absolute Gasteiger partial charge is 0.422 e. The molecule has 0 radical (unpaired) electrons. The zero-order chi connectivity index (χ0) is 40.1. The summed E-state index contributed by atoms with van der Waals surface area (Å²) in [7, 11) is 0. The fraction of sp³-hybridized carbons (Fsp3) is 0.111. The Morgan fingerprint density at radius 2 is 1.11 bits per heavy atom. The van der Waals surface area contributed by atoms with Crippen LogP contribution in [0.3, 0.4) is 0 Å². The molecule has 0 unspecified atom stereocenters. The first-order valence-corrected chi connectivity index (χ1v) is 16.6. The van der Waals surface area contributed by atoms with Crippen molar-refractivity contribution >= 4 is 11.6 Å². The van der Waals surface area contributed by atoms with Crippen molar-refractivity contribution in [2.45, 2.75) is 19.3 Å². The molecule has 21 heteroatoms. The highest BCUT2D eigenvalue weighted by Gasteiger charge is 2.30. The van der Waals surface area contributed by atoms with Gasteiger partial charge in [0.2, 0.25) is 5.82 Å². The van der Waals surface area contributed by atoms with E-state index in [9.17, 15) is 30.7 Å². The van der Waals surface area contributed by atoms with Gasteiger partial charge >= 0.3 is 6.18 Å². The molecule has 0 N–H and O–H groups in total. The Labute approximate surface area is 320 Å². The molecule has 0 aliphatic heterocycles. The standard InChI is InChI=1S/C19H12F5N5O2.C17H10ClF2N5O/c20-12-4-2-1-3-11(12)9-29-16(14-5-6-31-28-14)7-15(27-29)17-25-8-13(21)18(26-17)30-10-19(22,23)24;18-16-12(20)8-21-17(22-16)14-7-15(13-5-6-26-24-13)25(23-14)9-10-3-1-2-4-11(10)19/h1-8H,9-10H2;1-8H,9H2. The van der Waals surface area contributed by atoms with Gasteiger partial charge in [0.1, 0.15) is 46.9 Å². The minimum atomic E-state index is -4.67. The van der Waals surface area contributed by atoms with E-state index >= 15 is 0 Å². The molecule has 8 aromatic rings. The molecule has 6 heterocycles. The number of hydrogen-bond donors (Lipinski definition) is 0. The topological polar surface area (TPSA) is 148 Å². The van der Waals surface area contributed by atoms with Gasteiger partial charge in [0.25, 0.3) is 5.88 Å². The molecule has 290 valence electrons. The summed E-state index contributed by atoms with van der Waals surface area (Å²) in [5.74, 6) is -3.59. The van der Waals surface area contributed by atoms with Crippen molar-refractivity contribution in [3.8, 4) is 51.7 Å². The van der Waals surface area contributed by atoms with E-state index in [-0.39, 0.29) is 41.4 Å². The Hall–Kier alpha value is -6.96. The zero-order valence-electron chi connectivity index (χ0n) is 28.6. The molecule has 0 aliphatic carbocycles. The molecule has 13 nitrogen and oxygen atoms in total. The number of hydrogen-bond acceptors (Lipinski definition) is 11. The van der Waals surface area contributed by atoms with Crippen LogP contribution in [-0.2, 0) is 13.1 Å². The van der Waals surface area contributed by atoms with E-state index in [1.807, 2.05) is 0 Å². The summed E-state index contributed by atoms with van der Waals surface area (Å²) < 4.78 is 110. The van der Waals surface area contributed by atoms with Gasteiger partial charge in [-0.25, -0.2) is 28.1 Å². The molecule has 0 atom stereocenters. The maximum Gasteiger partial charge on any atom is 0.422 e. The SMILES string of the molecule is Fc1ccccc1Cn1nc(-c2ncc(F)c(Cl)n2)cc1-c1ccon1.Fc1ccccc1Cn1nc(-c2ncc(F)c(OCC(F)(F)F)n2)cc1-c1ccon1. The number of rotatable bonds is 10. The molecule has 0 saturated carbocycles. The predicted octanol–water partition coefficient (Wildman–Crippen LogP) is 8.24. The van der Waals surface area contributed by atoms with Crippen molar-refractivity contribution < 1.29 is 44.5 Å². The average molecular weight is 811 g/mol. The summed E-state index contributed by atoms with van der Waals surface area (Å²) in [5, 5.41) is 16.1. The second-order valence-electron chi connectivity index (χ2n) is 11.7. The minimum Gasteiger partial charge on any atom is -0.466 e. The lowest BCUT2D eigenvalue weighted by Gasteiger charge is -2.09. The number of halogens is 8. The van der Waals surface area contributed by atoms with Crippen LogP contribution >= 0.6 is 11.6 Å². The van der Waals surface area contributed by atoms with Gasteiger partial charge in [-0.2, -0.15) is 32.7 Å². The Kier molecular flexibility index (Phi) is 11.0. The first kappa shape index (κ1) is 38.3. The molecule has 8 rings (SSSR count). The minimum absolute atomic E-state index is 0.00743. The van der Waals surface area contributed by atoms with Gasteiger partial charge in [0.15, 0.2) is 29.2 Å². The molecule has 0 aliphatic rings. The third-order valence-corrected chi connectivity index (χ3v) is 8.03. The maximum absolute atomic E-state index is 14.1. The van der Waals surface area contributed by atoms with Crippen LogP contribution < -0.4 is 4.74 Å². The highest BCUT2D eigenvalue weighted by Crippen LogP contribution is 2.28. The largest absolute Gasteiger partial charge is 0.466 e. The first-order chi connectivity index (χ1) is 27.4. The van der Waals surface area contributed by atoms with Gasteiger partial charge < -0.3 is 13.8 Å². The number of aromatic nitrogens is 10. The third kappa shape index (κ3) is 9.13. The maximum atomic E-state index is 14.1. The van der Waals surface area contributed by atoms with Crippen LogP contribution in [0.4, 0.5) is 30.7 Å². The summed E-state index contributed by atoms with van der Waals surface area (Å²) in [6.07, 6.45) is -0.275. The molecule has 0 spiro atoms. The van der Waals surface area contributed by atoms with Crippen LogP contribution in [0.15, 0.2) is 107 Å². The summed E-state index contributed by atoms with van der Waals surface area (Å²) in [5.41, 5.74) is 3.06. The average Bonchev–Trinajstić information content (AvgIpc) is 4.02. The van der Waals surface area contributed by atoms with Crippen LogP contribution in [0.25, 0.3) is 45.8 Å². The van der Waals surface area contributed by atoms with Gasteiger partial charge in [-0.05, 0) is 24.3 Å². The highest BCUT2D eigenvalue weighted by molar-refractivity contribution is 6.29. The van der Waals surface area contributed by atoms with Crippen LogP contribution in [0, 0.1) is 23.3 Å². The highest BCUT2D eigenvalue weighted by atomic mass is 35.5. The van der Waals surface area contributed by atoms with Gasteiger partial charge in [0.05, 0.1) is 36.9 Å². The number of nitrogens with zero attached hydrogens (tertiary/aromatic N) is 10. The second kappa shape index (κ2) is 16.4. The van der Waals surface area contributed by atoms with Crippen molar-refractivity contribution in [2.75, 3.05) is 6.61 Å². The molecule has 0 saturated heterocycles.